The van der Waals surface area contributed by atoms with Gasteiger partial charge >= 0.3 is 0 Å². The Kier molecular flexibility index (Phi) is 4.17. The zero-order chi connectivity index (χ0) is 18.4. The highest BCUT2D eigenvalue weighted by Gasteiger charge is 2.45. The number of aromatic nitrogens is 2. The maximum absolute atomic E-state index is 9.40. The average molecular weight is 364 g/mol. The van der Waals surface area contributed by atoms with Gasteiger partial charge in [-0.1, -0.05) is 19.1 Å². The number of aliphatic hydroxyl groups is 1. The number of hydrogen-bond donors (Lipinski definition) is 2. The third-order valence-corrected chi connectivity index (χ3v) is 6.85. The second kappa shape index (κ2) is 6.57. The van der Waals surface area contributed by atoms with E-state index in [1.165, 1.54) is 34.5 Å². The van der Waals surface area contributed by atoms with Crippen LogP contribution in [0.2, 0.25) is 0 Å². The van der Waals surface area contributed by atoms with Crippen LogP contribution in [-0.2, 0) is 18.3 Å². The van der Waals surface area contributed by atoms with Gasteiger partial charge in [0.2, 0.25) is 0 Å². The van der Waals surface area contributed by atoms with Gasteiger partial charge in [-0.2, -0.15) is 0 Å². The van der Waals surface area contributed by atoms with E-state index in [-0.39, 0.29) is 12.0 Å². The summed E-state index contributed by atoms with van der Waals surface area (Å²) in [4.78, 5) is 11.8. The van der Waals surface area contributed by atoms with E-state index in [0.717, 1.165) is 51.1 Å². The van der Waals surface area contributed by atoms with Crippen molar-refractivity contribution < 1.29 is 5.11 Å². The molecule has 5 nitrogen and oxygen atoms in total. The minimum absolute atomic E-state index is 0.186. The number of anilines is 2. The summed E-state index contributed by atoms with van der Waals surface area (Å²) in [7, 11) is 0. The van der Waals surface area contributed by atoms with Crippen LogP contribution in [0.1, 0.15) is 54.5 Å². The van der Waals surface area contributed by atoms with Crippen LogP contribution in [0, 0.1) is 0 Å². The molecule has 1 atom stereocenters. The van der Waals surface area contributed by atoms with Crippen LogP contribution in [0.3, 0.4) is 0 Å². The van der Waals surface area contributed by atoms with Crippen molar-refractivity contribution >= 4 is 11.5 Å². The molecule has 2 aromatic rings. The normalized spacial score (nSPS) is 22.9. The Morgan fingerprint density at radius 2 is 2.11 bits per heavy atom. The van der Waals surface area contributed by atoms with Crippen LogP contribution in [0.4, 0.5) is 11.5 Å². The number of aliphatic hydroxyl groups excluding tert-OH is 1. The smallest absolute Gasteiger partial charge is 0.140 e. The summed E-state index contributed by atoms with van der Waals surface area (Å²) < 4.78 is 0. The van der Waals surface area contributed by atoms with Crippen molar-refractivity contribution in [2.45, 2.75) is 50.4 Å². The van der Waals surface area contributed by atoms with Gasteiger partial charge in [-0.25, -0.2) is 9.97 Å². The van der Waals surface area contributed by atoms with Crippen LogP contribution < -0.4 is 10.2 Å². The topological polar surface area (TPSA) is 61.3 Å². The van der Waals surface area contributed by atoms with Crippen LogP contribution in [0.5, 0.6) is 0 Å². The molecule has 5 rings (SSSR count). The van der Waals surface area contributed by atoms with Gasteiger partial charge in [-0.3, -0.25) is 0 Å². The quantitative estimate of drug-likeness (QED) is 0.877. The highest BCUT2D eigenvalue weighted by molar-refractivity contribution is 5.74. The maximum Gasteiger partial charge on any atom is 0.140 e. The molecule has 5 heteroatoms. The highest BCUT2D eigenvalue weighted by atomic mass is 16.2. The molecule has 3 heterocycles. The second-order valence-electron chi connectivity index (χ2n) is 8.44. The third kappa shape index (κ3) is 2.67. The summed E-state index contributed by atoms with van der Waals surface area (Å²) in [6.07, 6.45) is 7.02. The van der Waals surface area contributed by atoms with Crippen molar-refractivity contribution in [2.75, 3.05) is 31.1 Å². The van der Waals surface area contributed by atoms with Gasteiger partial charge in [0.25, 0.3) is 0 Å². The molecule has 3 aliphatic rings. The summed E-state index contributed by atoms with van der Waals surface area (Å²) in [5, 5.41) is 12.9. The molecule has 0 unspecified atom stereocenters. The number of fused-ring (bicyclic) bond motifs is 3. The van der Waals surface area contributed by atoms with Crippen LogP contribution in [-0.4, -0.2) is 41.3 Å². The Bertz CT molecular complexity index is 859. The maximum atomic E-state index is 9.40. The predicted octanol–water partition coefficient (Wildman–Crippen LogP) is 2.83. The molecule has 0 bridgehead atoms. The molecule has 1 aromatic heterocycles. The lowest BCUT2D eigenvalue weighted by molar-refractivity contribution is 0.299. The van der Waals surface area contributed by atoms with Crippen molar-refractivity contribution in [2.24, 2.45) is 0 Å². The molecule has 1 spiro atoms. The van der Waals surface area contributed by atoms with E-state index in [1.807, 2.05) is 0 Å². The van der Waals surface area contributed by atoms with E-state index in [4.69, 9.17) is 4.98 Å². The van der Waals surface area contributed by atoms with Crippen molar-refractivity contribution in [1.82, 2.24) is 15.3 Å². The molecule has 0 saturated carbocycles. The fraction of sp³-hybridized carbons (Fsp3) is 0.545. The van der Waals surface area contributed by atoms with Gasteiger partial charge in [-0.15, -0.1) is 0 Å². The Morgan fingerprint density at radius 1 is 1.26 bits per heavy atom. The van der Waals surface area contributed by atoms with Gasteiger partial charge in [-0.05, 0) is 68.3 Å². The van der Waals surface area contributed by atoms with Crippen LogP contribution >= 0.6 is 0 Å². The minimum Gasteiger partial charge on any atom is -0.396 e. The molecule has 142 valence electrons. The lowest BCUT2D eigenvalue weighted by Gasteiger charge is -2.35. The fourth-order valence-electron chi connectivity index (χ4n) is 5.36. The molecule has 1 aromatic carbocycles. The van der Waals surface area contributed by atoms with Gasteiger partial charge in [0.1, 0.15) is 12.1 Å². The highest BCUT2D eigenvalue weighted by Crippen LogP contribution is 2.51. The first kappa shape index (κ1) is 17.1. The van der Waals surface area contributed by atoms with E-state index >= 15 is 0 Å². The number of piperidine rings is 1. The summed E-state index contributed by atoms with van der Waals surface area (Å²) in [6, 6.07) is 6.78. The Hall–Kier alpha value is -1.98. The summed E-state index contributed by atoms with van der Waals surface area (Å²) in [6.45, 7) is 5.64. The average Bonchev–Trinajstić information content (AvgIpc) is 3.22. The second-order valence-corrected chi connectivity index (χ2v) is 8.44. The Morgan fingerprint density at radius 3 is 2.93 bits per heavy atom. The molecule has 1 aliphatic carbocycles. The van der Waals surface area contributed by atoms with Crippen LogP contribution in [0.15, 0.2) is 24.5 Å². The number of nitrogens with zero attached hydrogens (tertiary/aromatic N) is 3. The first-order valence-corrected chi connectivity index (χ1v) is 10.3. The number of benzene rings is 1. The van der Waals surface area contributed by atoms with Crippen molar-refractivity contribution in [3.05, 3.63) is 46.9 Å². The fourth-order valence-corrected chi connectivity index (χ4v) is 5.36. The standard InChI is InChI=1S/C22H28N4O/c1-15-2-4-18-20(15)21(25-14-24-18)26-13-22(7-9-23-10-8-22)17-12-16(6-11-27)3-5-19(17)26/h3,5,12,14-15,23,27H,2,4,6-11,13H2,1H3/t15-/m1/s1. The Balaban J connectivity index is 1.64. The SMILES string of the molecule is C[C@@H]1CCc2ncnc(N3CC4(CCNCC4)c4cc(CCO)ccc43)c21. The molecule has 1 saturated heterocycles. The number of nitrogens with one attached hydrogen (secondary N) is 1. The Labute approximate surface area is 160 Å². The van der Waals surface area contributed by atoms with E-state index in [2.05, 4.69) is 40.3 Å². The zero-order valence-corrected chi connectivity index (χ0v) is 16.0. The third-order valence-electron chi connectivity index (χ3n) is 6.85. The van der Waals surface area contributed by atoms with Gasteiger partial charge in [0.05, 0.1) is 0 Å². The molecule has 2 N–H and O–H groups in total. The molecule has 0 radical (unpaired) electrons. The van der Waals surface area contributed by atoms with E-state index in [1.54, 1.807) is 6.33 Å². The molecular weight excluding hydrogens is 336 g/mol. The molecule has 27 heavy (non-hydrogen) atoms. The minimum atomic E-state index is 0.186. The lowest BCUT2D eigenvalue weighted by Crippen LogP contribution is -2.42. The van der Waals surface area contributed by atoms with Crippen molar-refractivity contribution in [3.63, 3.8) is 0 Å². The molecule has 0 amide bonds. The summed E-state index contributed by atoms with van der Waals surface area (Å²) >= 11 is 0. The zero-order valence-electron chi connectivity index (χ0n) is 16.0. The van der Waals surface area contributed by atoms with E-state index < -0.39 is 0 Å². The first-order valence-electron chi connectivity index (χ1n) is 10.3. The molecule has 2 aliphatic heterocycles. The monoisotopic (exact) mass is 364 g/mol. The summed E-state index contributed by atoms with van der Waals surface area (Å²) in [5.74, 6) is 1.65. The first-order chi connectivity index (χ1) is 13.2. The largest absolute Gasteiger partial charge is 0.396 e. The number of aryl methyl sites for hydroxylation is 1. The van der Waals surface area contributed by atoms with Crippen LogP contribution in [0.25, 0.3) is 0 Å². The van der Waals surface area contributed by atoms with E-state index in [9.17, 15) is 5.11 Å². The molecule has 1 fully saturated rings. The number of hydrogen-bond acceptors (Lipinski definition) is 5. The lowest BCUT2D eigenvalue weighted by atomic mass is 9.74. The predicted molar refractivity (Wildman–Crippen MR) is 107 cm³/mol. The molecular formula is C22H28N4O. The van der Waals surface area contributed by atoms with E-state index in [0.29, 0.717) is 5.92 Å². The van der Waals surface area contributed by atoms with Crippen molar-refractivity contribution in [1.29, 1.82) is 0 Å². The van der Waals surface area contributed by atoms with Crippen molar-refractivity contribution in [3.8, 4) is 0 Å². The van der Waals surface area contributed by atoms with Gasteiger partial charge in [0.15, 0.2) is 0 Å². The number of rotatable bonds is 3. The van der Waals surface area contributed by atoms with Gasteiger partial charge < -0.3 is 15.3 Å². The summed E-state index contributed by atoms with van der Waals surface area (Å²) in [5.41, 5.74) is 6.76. The van der Waals surface area contributed by atoms with Gasteiger partial charge in [0, 0.05) is 35.5 Å².